The van der Waals surface area contributed by atoms with Gasteiger partial charge in [0.15, 0.2) is 5.00 Å². The van der Waals surface area contributed by atoms with Crippen LogP contribution in [-0.2, 0) is 0 Å². The number of rotatable bonds is 5. The summed E-state index contributed by atoms with van der Waals surface area (Å²) in [5, 5.41) is 29.6. The molecular weight excluding hydrogens is 254 g/mol. The third-order valence-corrected chi connectivity index (χ3v) is 4.07. The van der Waals surface area contributed by atoms with E-state index in [1.54, 1.807) is 18.9 Å². The molecule has 0 aromatic carbocycles. The van der Waals surface area contributed by atoms with Gasteiger partial charge in [0.05, 0.1) is 23.5 Å². The number of hydrogen-bond donors (Lipinski definition) is 1. The summed E-state index contributed by atoms with van der Waals surface area (Å²) in [7, 11) is 1.71. The van der Waals surface area contributed by atoms with Crippen LogP contribution < -0.4 is 4.90 Å². The van der Waals surface area contributed by atoms with Crippen LogP contribution >= 0.6 is 11.3 Å². The van der Waals surface area contributed by atoms with Crippen LogP contribution in [0.1, 0.15) is 31.2 Å². The first-order valence-corrected chi connectivity index (χ1v) is 6.26. The molecule has 1 aromatic heterocycles. The van der Waals surface area contributed by atoms with Gasteiger partial charge in [-0.2, -0.15) is 5.26 Å². The number of nitro groups is 1. The number of hydrogen-bond acceptors (Lipinski definition) is 6. The number of aliphatic hydroxyl groups excluding tert-OH is 1. The van der Waals surface area contributed by atoms with Crippen molar-refractivity contribution in [1.82, 2.24) is 0 Å². The summed E-state index contributed by atoms with van der Waals surface area (Å²) in [4.78, 5) is 12.8. The van der Waals surface area contributed by atoms with Crippen molar-refractivity contribution in [2.45, 2.75) is 32.4 Å². The van der Waals surface area contributed by atoms with E-state index in [-0.39, 0.29) is 18.2 Å². The molecule has 1 aromatic rings. The van der Waals surface area contributed by atoms with Crippen molar-refractivity contribution in [3.8, 4) is 6.07 Å². The van der Waals surface area contributed by atoms with E-state index in [2.05, 4.69) is 0 Å². The SMILES string of the molecule is CC(CC#N)N(C)c1sc([C@@H](C)O)cc1[N+](=O)[O-]. The Morgan fingerprint density at radius 2 is 2.28 bits per heavy atom. The van der Waals surface area contributed by atoms with Crippen LogP contribution in [0.5, 0.6) is 0 Å². The minimum absolute atomic E-state index is 0.0248. The molecule has 0 spiro atoms. The molecule has 18 heavy (non-hydrogen) atoms. The second-order valence-corrected chi connectivity index (χ2v) is 5.16. The Labute approximate surface area is 109 Å². The van der Waals surface area contributed by atoms with Crippen LogP contribution in [0.15, 0.2) is 6.07 Å². The van der Waals surface area contributed by atoms with Gasteiger partial charge >= 0.3 is 5.69 Å². The molecule has 0 aliphatic heterocycles. The quantitative estimate of drug-likeness (QED) is 0.655. The third-order valence-electron chi connectivity index (χ3n) is 2.69. The predicted octanol–water partition coefficient (Wildman–Crippen LogP) is 2.45. The lowest BCUT2D eigenvalue weighted by molar-refractivity contribution is -0.383. The van der Waals surface area contributed by atoms with E-state index in [1.165, 1.54) is 17.4 Å². The highest BCUT2D eigenvalue weighted by molar-refractivity contribution is 7.16. The molecular formula is C11H15N3O3S. The van der Waals surface area contributed by atoms with Crippen molar-refractivity contribution in [3.63, 3.8) is 0 Å². The summed E-state index contributed by atoms with van der Waals surface area (Å²) in [5.74, 6) is 0. The number of nitrogens with zero attached hydrogens (tertiary/aromatic N) is 3. The normalized spacial score (nSPS) is 13.7. The molecule has 0 saturated carbocycles. The standard InChI is InChI=1S/C11H15N3O3S/c1-7(4-5-12)13(3)11-9(14(16)17)6-10(18-11)8(2)15/h6-8,15H,4H2,1-3H3/t7?,8-/m1/s1. The summed E-state index contributed by atoms with van der Waals surface area (Å²) in [6, 6.07) is 3.31. The summed E-state index contributed by atoms with van der Waals surface area (Å²) < 4.78 is 0. The average Bonchev–Trinajstić information content (AvgIpc) is 2.73. The van der Waals surface area contributed by atoms with Gasteiger partial charge in [0, 0.05) is 24.0 Å². The van der Waals surface area contributed by atoms with Crippen molar-refractivity contribution < 1.29 is 10.0 Å². The van der Waals surface area contributed by atoms with Crippen LogP contribution in [0.3, 0.4) is 0 Å². The average molecular weight is 269 g/mol. The molecule has 2 atom stereocenters. The maximum atomic E-state index is 11.0. The summed E-state index contributed by atoms with van der Waals surface area (Å²) in [6.07, 6.45) is -0.447. The highest BCUT2D eigenvalue weighted by Gasteiger charge is 2.25. The molecule has 0 aliphatic carbocycles. The second-order valence-electron chi connectivity index (χ2n) is 4.09. The zero-order valence-electron chi connectivity index (χ0n) is 10.5. The maximum absolute atomic E-state index is 11.0. The van der Waals surface area contributed by atoms with Crippen molar-refractivity contribution >= 4 is 22.0 Å². The van der Waals surface area contributed by atoms with E-state index in [1.807, 2.05) is 13.0 Å². The van der Waals surface area contributed by atoms with Gasteiger partial charge in [-0.1, -0.05) is 0 Å². The van der Waals surface area contributed by atoms with Gasteiger partial charge in [-0.3, -0.25) is 10.1 Å². The number of nitriles is 1. The third kappa shape index (κ3) is 2.97. The van der Waals surface area contributed by atoms with E-state index < -0.39 is 11.0 Å². The lowest BCUT2D eigenvalue weighted by atomic mass is 10.2. The molecule has 0 fully saturated rings. The van der Waals surface area contributed by atoms with E-state index in [9.17, 15) is 15.2 Å². The first-order valence-electron chi connectivity index (χ1n) is 5.44. The van der Waals surface area contributed by atoms with Gasteiger partial charge < -0.3 is 10.0 Å². The molecule has 0 aliphatic rings. The molecule has 6 nitrogen and oxygen atoms in total. The minimum Gasteiger partial charge on any atom is -0.388 e. The fourth-order valence-electron chi connectivity index (χ4n) is 1.45. The van der Waals surface area contributed by atoms with Crippen LogP contribution in [0, 0.1) is 21.4 Å². The smallest absolute Gasteiger partial charge is 0.304 e. The molecule has 1 unspecified atom stereocenters. The second kappa shape index (κ2) is 5.80. The molecule has 1 heterocycles. The van der Waals surface area contributed by atoms with Crippen molar-refractivity contribution in [2.24, 2.45) is 0 Å². The highest BCUT2D eigenvalue weighted by atomic mass is 32.1. The lowest BCUT2D eigenvalue weighted by Gasteiger charge is -2.22. The van der Waals surface area contributed by atoms with Gasteiger partial charge in [0.2, 0.25) is 0 Å². The fraction of sp³-hybridized carbons (Fsp3) is 0.545. The zero-order valence-corrected chi connectivity index (χ0v) is 11.3. The number of thiophene rings is 1. The molecule has 1 rings (SSSR count). The van der Waals surface area contributed by atoms with Crippen LogP contribution in [0.4, 0.5) is 10.7 Å². The molecule has 0 radical (unpaired) electrons. The Balaban J connectivity index is 3.14. The Bertz CT molecular complexity index is 478. The number of anilines is 1. The first kappa shape index (κ1) is 14.4. The monoisotopic (exact) mass is 269 g/mol. The molecule has 7 heteroatoms. The van der Waals surface area contributed by atoms with Crippen molar-refractivity contribution in [1.29, 1.82) is 5.26 Å². The summed E-state index contributed by atoms with van der Waals surface area (Å²) in [5.41, 5.74) is -0.0248. The van der Waals surface area contributed by atoms with Gasteiger partial charge in [0.1, 0.15) is 0 Å². The Morgan fingerprint density at radius 1 is 1.67 bits per heavy atom. The zero-order chi connectivity index (χ0) is 13.9. The number of aliphatic hydroxyl groups is 1. The predicted molar refractivity (Wildman–Crippen MR) is 69.7 cm³/mol. The van der Waals surface area contributed by atoms with E-state index in [0.717, 1.165) is 0 Å². The van der Waals surface area contributed by atoms with Crippen molar-refractivity contribution in [2.75, 3.05) is 11.9 Å². The highest BCUT2D eigenvalue weighted by Crippen LogP contribution is 2.40. The molecule has 1 N–H and O–H groups in total. The van der Waals surface area contributed by atoms with Gasteiger partial charge in [-0.05, 0) is 13.8 Å². The molecule has 0 bridgehead atoms. The molecule has 0 amide bonds. The Hall–Kier alpha value is -1.65. The topological polar surface area (TPSA) is 90.4 Å². The van der Waals surface area contributed by atoms with Gasteiger partial charge in [-0.25, -0.2) is 0 Å². The lowest BCUT2D eigenvalue weighted by Crippen LogP contribution is -2.28. The van der Waals surface area contributed by atoms with E-state index in [4.69, 9.17) is 5.26 Å². The van der Waals surface area contributed by atoms with Gasteiger partial charge in [0.25, 0.3) is 0 Å². The van der Waals surface area contributed by atoms with E-state index >= 15 is 0 Å². The fourth-order valence-corrected chi connectivity index (χ4v) is 2.57. The van der Waals surface area contributed by atoms with Crippen LogP contribution in [0.25, 0.3) is 0 Å². The van der Waals surface area contributed by atoms with Crippen molar-refractivity contribution in [3.05, 3.63) is 21.1 Å². The minimum atomic E-state index is -0.734. The maximum Gasteiger partial charge on any atom is 0.304 e. The Morgan fingerprint density at radius 3 is 2.72 bits per heavy atom. The first-order chi connectivity index (χ1) is 8.38. The van der Waals surface area contributed by atoms with Gasteiger partial charge in [-0.15, -0.1) is 11.3 Å². The molecule has 0 saturated heterocycles. The van der Waals surface area contributed by atoms with E-state index in [0.29, 0.717) is 9.88 Å². The van der Waals surface area contributed by atoms with Crippen LogP contribution in [-0.4, -0.2) is 23.1 Å². The Kier molecular flexibility index (Phi) is 4.64. The molecule has 98 valence electrons. The summed E-state index contributed by atoms with van der Waals surface area (Å²) >= 11 is 1.18. The summed E-state index contributed by atoms with van der Waals surface area (Å²) in [6.45, 7) is 3.40. The van der Waals surface area contributed by atoms with Crippen LogP contribution in [0.2, 0.25) is 0 Å². The largest absolute Gasteiger partial charge is 0.388 e.